The van der Waals surface area contributed by atoms with Crippen LogP contribution >= 0.6 is 0 Å². The predicted octanol–water partition coefficient (Wildman–Crippen LogP) is 17.0. The Hall–Kier alpha value is -2.17. The Bertz CT molecular complexity index is 1040. The van der Waals surface area contributed by atoms with Gasteiger partial charge in [0.05, 0.1) is 18.8 Å². The number of amides is 1. The minimum absolute atomic E-state index is 0.0979. The Labute approximate surface area is 374 Å². The zero-order valence-corrected chi connectivity index (χ0v) is 40.0. The van der Waals surface area contributed by atoms with Crippen LogP contribution in [0.3, 0.4) is 0 Å². The number of aliphatic hydroxyl groups is 2. The van der Waals surface area contributed by atoms with Crippen LogP contribution in [-0.2, 0) is 4.79 Å². The van der Waals surface area contributed by atoms with Gasteiger partial charge in [0.1, 0.15) is 0 Å². The molecule has 348 valence electrons. The minimum atomic E-state index is -0.877. The molecule has 0 rings (SSSR count). The molecule has 0 aromatic rings. The van der Waals surface area contributed by atoms with Gasteiger partial charge in [-0.3, -0.25) is 4.79 Å². The van der Waals surface area contributed by atoms with E-state index in [4.69, 9.17) is 0 Å². The third-order valence-corrected chi connectivity index (χ3v) is 11.7. The van der Waals surface area contributed by atoms with E-state index in [-0.39, 0.29) is 12.5 Å². The van der Waals surface area contributed by atoms with Crippen LogP contribution < -0.4 is 5.32 Å². The maximum atomic E-state index is 12.4. The molecular formula is C56H101NO3. The smallest absolute Gasteiger partial charge is 0.220 e. The van der Waals surface area contributed by atoms with Crippen molar-refractivity contribution in [1.82, 2.24) is 5.32 Å². The van der Waals surface area contributed by atoms with Crippen molar-refractivity contribution in [2.45, 2.75) is 270 Å². The van der Waals surface area contributed by atoms with Crippen LogP contribution in [0.1, 0.15) is 258 Å². The first-order valence-corrected chi connectivity index (χ1v) is 26.2. The molecule has 0 spiro atoms. The van der Waals surface area contributed by atoms with Gasteiger partial charge >= 0.3 is 0 Å². The highest BCUT2D eigenvalue weighted by Gasteiger charge is 2.17. The van der Waals surface area contributed by atoms with Gasteiger partial charge < -0.3 is 15.5 Å². The van der Waals surface area contributed by atoms with E-state index >= 15 is 0 Å². The van der Waals surface area contributed by atoms with E-state index in [1.165, 1.54) is 161 Å². The number of unbranched alkanes of at least 4 members (excludes halogenated alkanes) is 30. The highest BCUT2D eigenvalue weighted by molar-refractivity contribution is 5.76. The normalized spacial score (nSPS) is 13.5. The molecule has 0 fully saturated rings. The summed E-state index contributed by atoms with van der Waals surface area (Å²) in [7, 11) is 0. The molecule has 1 amide bonds. The zero-order valence-electron chi connectivity index (χ0n) is 40.0. The average Bonchev–Trinajstić information content (AvgIpc) is 3.25. The number of hydrogen-bond acceptors (Lipinski definition) is 3. The van der Waals surface area contributed by atoms with Gasteiger partial charge in [-0.1, -0.05) is 254 Å². The summed E-state index contributed by atoms with van der Waals surface area (Å²) in [5.41, 5.74) is 0. The molecule has 4 nitrogen and oxygen atoms in total. The molecule has 3 N–H and O–H groups in total. The molecule has 4 heteroatoms. The van der Waals surface area contributed by atoms with Gasteiger partial charge in [0, 0.05) is 6.42 Å². The molecule has 0 aliphatic carbocycles. The molecule has 0 saturated heterocycles. The molecule has 0 aromatic carbocycles. The summed E-state index contributed by atoms with van der Waals surface area (Å²) in [6, 6.07) is -0.656. The number of rotatable bonds is 47. The van der Waals surface area contributed by atoms with Crippen LogP contribution in [0.15, 0.2) is 72.9 Å². The summed E-state index contributed by atoms with van der Waals surface area (Å²) in [4.78, 5) is 12.4. The summed E-state index contributed by atoms with van der Waals surface area (Å²) in [6.07, 6.45) is 73.4. The fourth-order valence-electron chi connectivity index (χ4n) is 7.72. The second kappa shape index (κ2) is 51.2. The molecule has 0 aliphatic rings. The highest BCUT2D eigenvalue weighted by Crippen LogP contribution is 2.16. The molecule has 60 heavy (non-hydrogen) atoms. The molecule has 0 saturated carbocycles. The Morgan fingerprint density at radius 2 is 0.750 bits per heavy atom. The van der Waals surface area contributed by atoms with E-state index in [9.17, 15) is 15.0 Å². The predicted molar refractivity (Wildman–Crippen MR) is 267 cm³/mol. The van der Waals surface area contributed by atoms with Crippen LogP contribution in [0.5, 0.6) is 0 Å². The SMILES string of the molecule is CC/C=C\C/C=C\C/C=C\C/C=C\CCCCCCC(=O)NC(CO)C(O)/C=C/CC/C=C/CCCCCCCCCCCCCCCCCCCCCCCCCCC. The summed E-state index contributed by atoms with van der Waals surface area (Å²) >= 11 is 0. The lowest BCUT2D eigenvalue weighted by Gasteiger charge is -2.19. The van der Waals surface area contributed by atoms with Gasteiger partial charge in [0.25, 0.3) is 0 Å². The van der Waals surface area contributed by atoms with E-state index in [0.29, 0.717) is 6.42 Å². The summed E-state index contributed by atoms with van der Waals surface area (Å²) < 4.78 is 0. The lowest BCUT2D eigenvalue weighted by molar-refractivity contribution is -0.123. The lowest BCUT2D eigenvalue weighted by atomic mass is 10.0. The molecule has 0 radical (unpaired) electrons. The first-order chi connectivity index (χ1) is 29.7. The third kappa shape index (κ3) is 46.9. The van der Waals surface area contributed by atoms with Crippen molar-refractivity contribution in [1.29, 1.82) is 0 Å². The monoisotopic (exact) mass is 836 g/mol. The lowest BCUT2D eigenvalue weighted by Crippen LogP contribution is -2.45. The fourth-order valence-corrected chi connectivity index (χ4v) is 7.72. The van der Waals surface area contributed by atoms with E-state index in [0.717, 1.165) is 77.0 Å². The van der Waals surface area contributed by atoms with Crippen molar-refractivity contribution < 1.29 is 15.0 Å². The van der Waals surface area contributed by atoms with Crippen LogP contribution in [-0.4, -0.2) is 34.9 Å². The maximum absolute atomic E-state index is 12.4. The second-order valence-electron chi connectivity index (χ2n) is 17.6. The number of carbonyl (C=O) groups excluding carboxylic acids is 1. The van der Waals surface area contributed by atoms with Crippen molar-refractivity contribution in [2.75, 3.05) is 6.61 Å². The summed E-state index contributed by atoms with van der Waals surface area (Å²) in [5, 5.41) is 23.1. The number of aliphatic hydroxyl groups excluding tert-OH is 2. The quantitative estimate of drug-likeness (QED) is 0.0422. The Morgan fingerprint density at radius 3 is 1.17 bits per heavy atom. The highest BCUT2D eigenvalue weighted by atomic mass is 16.3. The maximum Gasteiger partial charge on any atom is 0.220 e. The third-order valence-electron chi connectivity index (χ3n) is 11.7. The molecule has 0 heterocycles. The Balaban J connectivity index is 3.55. The number of allylic oxidation sites excluding steroid dienone is 11. The van der Waals surface area contributed by atoms with Gasteiger partial charge in [0.2, 0.25) is 5.91 Å². The van der Waals surface area contributed by atoms with Crippen molar-refractivity contribution in [2.24, 2.45) is 0 Å². The summed E-state index contributed by atoms with van der Waals surface area (Å²) in [6.45, 7) is 4.18. The standard InChI is InChI=1S/C56H101NO3/c1-3-5-7-9-11-13-15-17-19-21-22-23-24-25-26-27-28-29-30-31-32-33-34-36-37-39-41-43-45-47-49-51-55(59)54(53-58)57-56(60)52-50-48-46-44-42-40-38-35-20-18-16-14-12-10-8-6-4-2/h6,8,12,14,18,20,38,40-41,43,49,51,54-55,58-59H,3-5,7,9-11,13,15-17,19,21-37,39,42,44-48,50,52-53H2,1-2H3,(H,57,60)/b8-6-,14-12-,20-18-,40-38-,43-41+,51-49+. The van der Waals surface area contributed by atoms with Gasteiger partial charge in [-0.25, -0.2) is 0 Å². The van der Waals surface area contributed by atoms with Gasteiger partial charge in [-0.05, 0) is 70.6 Å². The second-order valence-corrected chi connectivity index (χ2v) is 17.6. The van der Waals surface area contributed by atoms with Gasteiger partial charge in [-0.15, -0.1) is 0 Å². The minimum Gasteiger partial charge on any atom is -0.394 e. The van der Waals surface area contributed by atoms with E-state index in [2.05, 4.69) is 79.9 Å². The van der Waals surface area contributed by atoms with Crippen molar-refractivity contribution in [3.63, 3.8) is 0 Å². The molecule has 0 aromatic heterocycles. The van der Waals surface area contributed by atoms with E-state index in [1.807, 2.05) is 6.08 Å². The largest absolute Gasteiger partial charge is 0.394 e. The number of hydrogen-bond donors (Lipinski definition) is 3. The molecule has 2 atom stereocenters. The molecule has 2 unspecified atom stereocenters. The Kier molecular flexibility index (Phi) is 49.3. The van der Waals surface area contributed by atoms with Crippen LogP contribution in [0, 0.1) is 0 Å². The molecule has 0 bridgehead atoms. The first-order valence-electron chi connectivity index (χ1n) is 26.2. The van der Waals surface area contributed by atoms with Crippen LogP contribution in [0.25, 0.3) is 0 Å². The Morgan fingerprint density at radius 1 is 0.417 bits per heavy atom. The zero-order chi connectivity index (χ0) is 43.5. The molecular weight excluding hydrogens is 735 g/mol. The first kappa shape index (κ1) is 57.8. The molecule has 0 aliphatic heterocycles. The van der Waals surface area contributed by atoms with Crippen LogP contribution in [0.4, 0.5) is 0 Å². The van der Waals surface area contributed by atoms with E-state index < -0.39 is 12.1 Å². The number of carbonyl (C=O) groups is 1. The van der Waals surface area contributed by atoms with Crippen LogP contribution in [0.2, 0.25) is 0 Å². The van der Waals surface area contributed by atoms with E-state index in [1.54, 1.807) is 6.08 Å². The average molecular weight is 836 g/mol. The van der Waals surface area contributed by atoms with Crippen molar-refractivity contribution >= 4 is 5.91 Å². The topological polar surface area (TPSA) is 69.6 Å². The van der Waals surface area contributed by atoms with Gasteiger partial charge in [0.15, 0.2) is 0 Å². The summed E-state index contributed by atoms with van der Waals surface area (Å²) in [5.74, 6) is -0.0979. The van der Waals surface area contributed by atoms with Crippen molar-refractivity contribution in [3.8, 4) is 0 Å². The van der Waals surface area contributed by atoms with Gasteiger partial charge in [-0.2, -0.15) is 0 Å². The fraction of sp³-hybridized carbons (Fsp3) is 0.768. The number of nitrogens with one attached hydrogen (secondary N) is 1. The van der Waals surface area contributed by atoms with Crippen molar-refractivity contribution in [3.05, 3.63) is 72.9 Å².